The number of amides is 1. The Bertz CT molecular complexity index is 1400. The first-order chi connectivity index (χ1) is 17.9. The zero-order chi connectivity index (χ0) is 27.4. The Balaban J connectivity index is 1.46. The van der Waals surface area contributed by atoms with E-state index in [4.69, 9.17) is 15.2 Å². The number of nitrogens with one attached hydrogen (secondary N) is 1. The average molecular weight is 531 g/mol. The summed E-state index contributed by atoms with van der Waals surface area (Å²) in [6.07, 6.45) is -4.07. The number of hydrogen-bond donors (Lipinski definition) is 2. The van der Waals surface area contributed by atoms with Crippen LogP contribution >= 0.6 is 0 Å². The molecule has 3 N–H and O–H groups in total. The van der Waals surface area contributed by atoms with Gasteiger partial charge in [0.05, 0.1) is 24.2 Å². The molecule has 1 aromatic heterocycles. The molecule has 2 aliphatic rings. The van der Waals surface area contributed by atoms with Crippen LogP contribution in [-0.2, 0) is 6.18 Å². The molecule has 0 radical (unpaired) electrons. The first kappa shape index (κ1) is 25.8. The quantitative estimate of drug-likeness (QED) is 0.461. The second-order valence-electron chi connectivity index (χ2n) is 9.90. The number of piperazine rings is 1. The number of aromatic nitrogens is 2. The van der Waals surface area contributed by atoms with Gasteiger partial charge in [0.2, 0.25) is 0 Å². The van der Waals surface area contributed by atoms with Gasteiger partial charge in [0.25, 0.3) is 0 Å². The van der Waals surface area contributed by atoms with Crippen molar-refractivity contribution in [3.63, 3.8) is 0 Å². The number of nitrogens with two attached hydrogens (primary N) is 1. The number of nitrogen functional groups attached to an aromatic ring is 1. The van der Waals surface area contributed by atoms with E-state index in [-0.39, 0.29) is 17.5 Å². The Morgan fingerprint density at radius 1 is 1.13 bits per heavy atom. The molecule has 202 valence electrons. The summed E-state index contributed by atoms with van der Waals surface area (Å²) in [6, 6.07) is 6.55. The van der Waals surface area contributed by atoms with Gasteiger partial charge >= 0.3 is 12.3 Å². The molecule has 3 unspecified atom stereocenters. The van der Waals surface area contributed by atoms with Crippen molar-refractivity contribution in [2.45, 2.75) is 44.6 Å². The van der Waals surface area contributed by atoms with Crippen LogP contribution in [0, 0.1) is 6.92 Å². The number of carbonyl (C=O) groups excluding carboxylic acids is 1. The third kappa shape index (κ3) is 4.87. The summed E-state index contributed by atoms with van der Waals surface area (Å²) in [4.78, 5) is 26.0. The summed E-state index contributed by atoms with van der Waals surface area (Å²) in [5.74, 6) is 1.35. The monoisotopic (exact) mass is 530 g/mol. The smallest absolute Gasteiger partial charge is 0.416 e. The Morgan fingerprint density at radius 2 is 1.89 bits per heavy atom. The van der Waals surface area contributed by atoms with Crippen LogP contribution in [0.2, 0.25) is 0 Å². The molecule has 0 spiro atoms. The molecule has 2 fully saturated rings. The topological polar surface area (TPSA) is 106 Å². The number of halogens is 3. The van der Waals surface area contributed by atoms with E-state index in [1.165, 1.54) is 13.2 Å². The summed E-state index contributed by atoms with van der Waals surface area (Å²) in [5, 5.41) is 3.70. The molecule has 2 saturated heterocycles. The van der Waals surface area contributed by atoms with Gasteiger partial charge in [-0.2, -0.15) is 13.2 Å². The number of rotatable bonds is 5. The first-order valence-electron chi connectivity index (χ1n) is 12.2. The van der Waals surface area contributed by atoms with Crippen LogP contribution in [0.15, 0.2) is 30.3 Å². The van der Waals surface area contributed by atoms with Gasteiger partial charge in [-0.25, -0.2) is 14.8 Å². The van der Waals surface area contributed by atoms with E-state index in [0.717, 1.165) is 25.1 Å². The number of ether oxygens (including phenoxy) is 2. The number of fused-ring (bicyclic) bond motifs is 3. The van der Waals surface area contributed by atoms with Crippen molar-refractivity contribution in [1.82, 2.24) is 19.8 Å². The van der Waals surface area contributed by atoms with Gasteiger partial charge in [-0.3, -0.25) is 4.90 Å². The summed E-state index contributed by atoms with van der Waals surface area (Å²) in [7, 11) is 3.52. The fraction of sp³-hybridized carbons (Fsp3) is 0.423. The predicted molar refractivity (Wildman–Crippen MR) is 136 cm³/mol. The zero-order valence-electron chi connectivity index (χ0n) is 21.5. The third-order valence-corrected chi connectivity index (χ3v) is 7.20. The van der Waals surface area contributed by atoms with E-state index >= 15 is 0 Å². The number of hydrogen-bond acceptors (Lipinski definition) is 8. The molecule has 3 aromatic rings. The van der Waals surface area contributed by atoms with Crippen LogP contribution in [0.25, 0.3) is 10.9 Å². The molecule has 9 nitrogen and oxygen atoms in total. The Kier molecular flexibility index (Phi) is 6.46. The second kappa shape index (κ2) is 9.50. The van der Waals surface area contributed by atoms with Crippen LogP contribution in [0.3, 0.4) is 0 Å². The van der Waals surface area contributed by atoms with Crippen molar-refractivity contribution in [2.24, 2.45) is 0 Å². The normalized spacial score (nSPS) is 20.1. The lowest BCUT2D eigenvalue weighted by Crippen LogP contribution is -2.48. The molecule has 0 aliphatic carbocycles. The number of benzene rings is 2. The van der Waals surface area contributed by atoms with Gasteiger partial charge in [-0.05, 0) is 57.1 Å². The lowest BCUT2D eigenvalue weighted by molar-refractivity contribution is -0.137. The van der Waals surface area contributed by atoms with E-state index < -0.39 is 23.9 Å². The van der Waals surface area contributed by atoms with Gasteiger partial charge in [0, 0.05) is 42.3 Å². The molecule has 12 heteroatoms. The minimum Gasteiger partial charge on any atom is -0.493 e. The van der Waals surface area contributed by atoms with E-state index in [1.54, 1.807) is 30.9 Å². The first-order valence-corrected chi connectivity index (χ1v) is 12.2. The summed E-state index contributed by atoms with van der Waals surface area (Å²) in [5.41, 5.74) is 5.80. The molecule has 3 atom stereocenters. The van der Waals surface area contributed by atoms with Crippen LogP contribution in [0.5, 0.6) is 11.5 Å². The minimum absolute atomic E-state index is 0.00736. The Hall–Kier alpha value is -3.80. The maximum absolute atomic E-state index is 13.3. The van der Waals surface area contributed by atoms with Crippen molar-refractivity contribution < 1.29 is 27.4 Å². The number of aryl methyl sites for hydroxylation is 1. The zero-order valence-corrected chi connectivity index (χ0v) is 21.5. The highest BCUT2D eigenvalue weighted by Gasteiger charge is 2.44. The van der Waals surface area contributed by atoms with E-state index in [0.29, 0.717) is 46.4 Å². The van der Waals surface area contributed by atoms with Crippen molar-refractivity contribution >= 4 is 28.5 Å². The van der Waals surface area contributed by atoms with Crippen molar-refractivity contribution in [1.29, 1.82) is 0 Å². The summed E-state index contributed by atoms with van der Waals surface area (Å²) in [6.45, 7) is 4.82. The molecule has 1 amide bonds. The number of methoxy groups -OCH3 is 1. The van der Waals surface area contributed by atoms with E-state index in [1.807, 2.05) is 7.05 Å². The second-order valence-corrected chi connectivity index (χ2v) is 9.90. The minimum atomic E-state index is -4.53. The predicted octanol–water partition coefficient (Wildman–Crippen LogP) is 4.61. The number of likely N-dealkylation sites (tertiary alicyclic amines) is 2. The highest BCUT2D eigenvalue weighted by atomic mass is 19.4. The molecule has 2 aliphatic heterocycles. The largest absolute Gasteiger partial charge is 0.493 e. The van der Waals surface area contributed by atoms with Crippen LogP contribution in [0.4, 0.5) is 29.5 Å². The fourth-order valence-corrected chi connectivity index (χ4v) is 5.22. The molecule has 2 bridgehead atoms. The highest BCUT2D eigenvalue weighted by Crippen LogP contribution is 2.38. The standard InChI is InChI=1S/C26H29F3N6O3/c1-13(15-5-16(26(27,28)29)7-17(30)6-15)31-24-20-9-23(22(37-4)10-21(20)32-14(2)33-24)38-25(36)35-12-18-8-19(35)11-34(18)3/h5-7,9-10,13,18-19H,8,11-12,30H2,1-4H3,(H,31,32,33). The fourth-order valence-electron chi connectivity index (χ4n) is 5.22. The van der Waals surface area contributed by atoms with Crippen molar-refractivity contribution in [3.8, 4) is 11.5 Å². The number of nitrogens with zero attached hydrogens (tertiary/aromatic N) is 4. The molecule has 5 rings (SSSR count). The SMILES string of the molecule is COc1cc2nc(C)nc(NC(C)c3cc(N)cc(C(F)(F)F)c3)c2cc1OC(=O)N1CC2CC1CN2C. The van der Waals surface area contributed by atoms with Crippen LogP contribution < -0.4 is 20.5 Å². The van der Waals surface area contributed by atoms with Crippen LogP contribution in [-0.4, -0.2) is 65.2 Å². The molecule has 0 saturated carbocycles. The molecule has 38 heavy (non-hydrogen) atoms. The molecule has 3 heterocycles. The van der Waals surface area contributed by atoms with Gasteiger partial charge in [0.1, 0.15) is 11.6 Å². The molecular formula is C26H29F3N6O3. The Labute approximate surface area is 217 Å². The average Bonchev–Trinajstić information content (AvgIpc) is 3.42. The van der Waals surface area contributed by atoms with Gasteiger partial charge in [0.15, 0.2) is 11.5 Å². The number of likely N-dealkylation sites (N-methyl/N-ethyl adjacent to an activating group) is 1. The molecular weight excluding hydrogens is 501 g/mol. The lowest BCUT2D eigenvalue weighted by atomic mass is 10.0. The Morgan fingerprint density at radius 3 is 2.53 bits per heavy atom. The third-order valence-electron chi connectivity index (χ3n) is 7.20. The summed E-state index contributed by atoms with van der Waals surface area (Å²) >= 11 is 0. The maximum Gasteiger partial charge on any atom is 0.416 e. The van der Waals surface area contributed by atoms with E-state index in [9.17, 15) is 18.0 Å². The number of alkyl halides is 3. The van der Waals surface area contributed by atoms with Crippen molar-refractivity contribution in [3.05, 3.63) is 47.3 Å². The van der Waals surface area contributed by atoms with Gasteiger partial charge < -0.3 is 25.4 Å². The summed E-state index contributed by atoms with van der Waals surface area (Å²) < 4.78 is 51.3. The van der Waals surface area contributed by atoms with E-state index in [2.05, 4.69) is 20.2 Å². The number of anilines is 2. The highest BCUT2D eigenvalue weighted by molar-refractivity contribution is 5.92. The molecule has 2 aromatic carbocycles. The van der Waals surface area contributed by atoms with Gasteiger partial charge in [-0.15, -0.1) is 0 Å². The van der Waals surface area contributed by atoms with Crippen molar-refractivity contribution in [2.75, 3.05) is 38.3 Å². The maximum atomic E-state index is 13.3. The van der Waals surface area contributed by atoms with Gasteiger partial charge in [-0.1, -0.05) is 0 Å². The number of carbonyl (C=O) groups is 1. The van der Waals surface area contributed by atoms with Crippen LogP contribution in [0.1, 0.15) is 36.3 Å². The lowest BCUT2D eigenvalue weighted by Gasteiger charge is -2.31.